The van der Waals surface area contributed by atoms with E-state index >= 15 is 0 Å². The Hall–Kier alpha value is -3.20. The van der Waals surface area contributed by atoms with E-state index in [2.05, 4.69) is 34.2 Å². The lowest BCUT2D eigenvalue weighted by molar-refractivity contribution is 0.669. The Morgan fingerprint density at radius 3 is 2.48 bits per heavy atom. The van der Waals surface area contributed by atoms with Crippen molar-refractivity contribution in [3.8, 4) is 11.1 Å². The van der Waals surface area contributed by atoms with Crippen LogP contribution in [0.15, 0.2) is 77.5 Å². The lowest BCUT2D eigenvalue weighted by atomic mass is 10.0. The van der Waals surface area contributed by atoms with Gasteiger partial charge in [-0.1, -0.05) is 24.3 Å². The first-order valence-electron chi connectivity index (χ1n) is 7.51. The van der Waals surface area contributed by atoms with Crippen LogP contribution in [-0.2, 0) is 0 Å². The summed E-state index contributed by atoms with van der Waals surface area (Å²) in [6, 6.07) is 20.5. The minimum absolute atomic E-state index is 0.766. The largest absolute Gasteiger partial charge is 0.456 e. The van der Waals surface area contributed by atoms with E-state index in [0.717, 1.165) is 44.1 Å². The third-order valence-corrected chi connectivity index (χ3v) is 4.20. The molecule has 0 radical (unpaired) electrons. The average Bonchev–Trinajstić information content (AvgIpc) is 2.99. The maximum atomic E-state index is 5.91. The molecule has 2 aromatic carbocycles. The second-order valence-electron chi connectivity index (χ2n) is 5.54. The molecule has 23 heavy (non-hydrogen) atoms. The fraction of sp³-hybridized carbons (Fsp3) is 0. The van der Waals surface area contributed by atoms with E-state index in [0.29, 0.717) is 0 Å². The molecule has 0 aliphatic heterocycles. The fourth-order valence-electron chi connectivity index (χ4n) is 3.13. The van der Waals surface area contributed by atoms with Crippen LogP contribution in [0.25, 0.3) is 44.1 Å². The Morgan fingerprint density at radius 2 is 1.48 bits per heavy atom. The molecule has 3 heteroatoms. The van der Waals surface area contributed by atoms with Gasteiger partial charge >= 0.3 is 0 Å². The van der Waals surface area contributed by atoms with E-state index in [1.165, 1.54) is 0 Å². The molecule has 3 aromatic heterocycles. The summed E-state index contributed by atoms with van der Waals surface area (Å²) in [6.07, 6.45) is 3.58. The number of benzene rings is 2. The molecule has 3 heterocycles. The second-order valence-corrected chi connectivity index (χ2v) is 5.54. The highest BCUT2D eigenvalue weighted by Gasteiger charge is 2.10. The van der Waals surface area contributed by atoms with Crippen molar-refractivity contribution in [1.82, 2.24) is 9.97 Å². The number of rotatable bonds is 1. The van der Waals surface area contributed by atoms with E-state index in [1.54, 1.807) is 6.20 Å². The summed E-state index contributed by atoms with van der Waals surface area (Å²) in [7, 11) is 0. The quantitative estimate of drug-likeness (QED) is 0.427. The summed E-state index contributed by atoms with van der Waals surface area (Å²) in [5, 5.41) is 3.33. The van der Waals surface area contributed by atoms with Gasteiger partial charge in [0.25, 0.3) is 0 Å². The van der Waals surface area contributed by atoms with Crippen LogP contribution < -0.4 is 0 Å². The SMILES string of the molecule is c1ccc2c(c1)oc1ccc(-c3ccnc4ncccc34)cc12. The van der Waals surface area contributed by atoms with Gasteiger partial charge in [-0.3, -0.25) is 0 Å². The molecule has 0 spiro atoms. The van der Waals surface area contributed by atoms with Gasteiger partial charge in [0.15, 0.2) is 5.65 Å². The topological polar surface area (TPSA) is 38.9 Å². The smallest absolute Gasteiger partial charge is 0.159 e. The number of aromatic nitrogens is 2. The van der Waals surface area contributed by atoms with Crippen LogP contribution in [0.4, 0.5) is 0 Å². The summed E-state index contributed by atoms with van der Waals surface area (Å²) in [5.41, 5.74) is 4.87. The first kappa shape index (κ1) is 12.4. The van der Waals surface area contributed by atoms with E-state index in [1.807, 2.05) is 42.6 Å². The zero-order valence-electron chi connectivity index (χ0n) is 12.2. The van der Waals surface area contributed by atoms with E-state index in [4.69, 9.17) is 4.42 Å². The molecule has 0 saturated carbocycles. The van der Waals surface area contributed by atoms with Gasteiger partial charge in [-0.2, -0.15) is 0 Å². The normalized spacial score (nSPS) is 11.5. The maximum Gasteiger partial charge on any atom is 0.159 e. The van der Waals surface area contributed by atoms with Crippen LogP contribution in [0, 0.1) is 0 Å². The number of hydrogen-bond donors (Lipinski definition) is 0. The number of nitrogens with zero attached hydrogens (tertiary/aromatic N) is 2. The molecule has 5 aromatic rings. The average molecular weight is 296 g/mol. The van der Waals surface area contributed by atoms with Crippen LogP contribution >= 0.6 is 0 Å². The number of para-hydroxylation sites is 1. The van der Waals surface area contributed by atoms with Crippen LogP contribution in [0.2, 0.25) is 0 Å². The third kappa shape index (κ3) is 1.83. The van der Waals surface area contributed by atoms with Gasteiger partial charge in [0.1, 0.15) is 11.2 Å². The van der Waals surface area contributed by atoms with Gasteiger partial charge in [0, 0.05) is 28.6 Å². The third-order valence-electron chi connectivity index (χ3n) is 4.20. The molecule has 3 nitrogen and oxygen atoms in total. The molecule has 0 saturated heterocycles. The first-order chi connectivity index (χ1) is 11.4. The van der Waals surface area contributed by atoms with E-state index in [-0.39, 0.29) is 0 Å². The lowest BCUT2D eigenvalue weighted by Crippen LogP contribution is -1.86. The van der Waals surface area contributed by atoms with Crippen molar-refractivity contribution in [2.75, 3.05) is 0 Å². The predicted octanol–water partition coefficient (Wildman–Crippen LogP) is 5.20. The minimum Gasteiger partial charge on any atom is -0.456 e. The van der Waals surface area contributed by atoms with Crippen molar-refractivity contribution in [3.63, 3.8) is 0 Å². The minimum atomic E-state index is 0.766. The van der Waals surface area contributed by atoms with Gasteiger partial charge in [0.2, 0.25) is 0 Å². The van der Waals surface area contributed by atoms with Crippen molar-refractivity contribution in [3.05, 3.63) is 73.1 Å². The molecule has 0 amide bonds. The van der Waals surface area contributed by atoms with E-state index in [9.17, 15) is 0 Å². The summed E-state index contributed by atoms with van der Waals surface area (Å²) >= 11 is 0. The Balaban J connectivity index is 1.84. The number of hydrogen-bond acceptors (Lipinski definition) is 3. The maximum absolute atomic E-state index is 5.91. The van der Waals surface area contributed by atoms with Crippen LogP contribution in [0.3, 0.4) is 0 Å². The Kier molecular flexibility index (Phi) is 2.50. The molecular weight excluding hydrogens is 284 g/mol. The molecule has 0 aliphatic carbocycles. The highest BCUT2D eigenvalue weighted by Crippen LogP contribution is 2.34. The molecule has 108 valence electrons. The highest BCUT2D eigenvalue weighted by molar-refractivity contribution is 6.07. The van der Waals surface area contributed by atoms with Crippen LogP contribution in [0.1, 0.15) is 0 Å². The van der Waals surface area contributed by atoms with Gasteiger partial charge < -0.3 is 4.42 Å². The number of fused-ring (bicyclic) bond motifs is 4. The summed E-state index contributed by atoms with van der Waals surface area (Å²) in [6.45, 7) is 0. The standard InChI is InChI=1S/C20H12N2O/c1-2-6-18-15(4-1)17-12-13(7-8-19(17)23-18)14-9-11-22-20-16(14)5-3-10-21-20/h1-12H. The lowest BCUT2D eigenvalue weighted by Gasteiger charge is -2.05. The Morgan fingerprint density at radius 1 is 0.652 bits per heavy atom. The monoisotopic (exact) mass is 296 g/mol. The van der Waals surface area contributed by atoms with Gasteiger partial charge in [-0.05, 0) is 47.5 Å². The fourth-order valence-corrected chi connectivity index (χ4v) is 3.13. The molecule has 0 atom stereocenters. The summed E-state index contributed by atoms with van der Waals surface area (Å²) in [4.78, 5) is 8.68. The predicted molar refractivity (Wildman–Crippen MR) is 92.3 cm³/mol. The van der Waals surface area contributed by atoms with E-state index < -0.39 is 0 Å². The van der Waals surface area contributed by atoms with Gasteiger partial charge in [0.05, 0.1) is 0 Å². The van der Waals surface area contributed by atoms with Crippen molar-refractivity contribution in [1.29, 1.82) is 0 Å². The number of pyridine rings is 2. The second kappa shape index (κ2) is 4.65. The van der Waals surface area contributed by atoms with Crippen molar-refractivity contribution >= 4 is 33.0 Å². The molecule has 0 N–H and O–H groups in total. The molecule has 0 fully saturated rings. The first-order valence-corrected chi connectivity index (χ1v) is 7.51. The summed E-state index contributed by atoms with van der Waals surface area (Å²) < 4.78 is 5.91. The molecule has 0 bridgehead atoms. The molecule has 0 unspecified atom stereocenters. The zero-order valence-corrected chi connectivity index (χ0v) is 12.2. The zero-order chi connectivity index (χ0) is 15.2. The van der Waals surface area contributed by atoms with Crippen molar-refractivity contribution in [2.45, 2.75) is 0 Å². The van der Waals surface area contributed by atoms with Gasteiger partial charge in [-0.25, -0.2) is 9.97 Å². The number of furan rings is 1. The Bertz CT molecular complexity index is 1170. The summed E-state index contributed by atoms with van der Waals surface area (Å²) in [5.74, 6) is 0. The van der Waals surface area contributed by atoms with Crippen LogP contribution in [0.5, 0.6) is 0 Å². The van der Waals surface area contributed by atoms with Crippen molar-refractivity contribution < 1.29 is 4.42 Å². The molecular formula is C20H12N2O. The van der Waals surface area contributed by atoms with Crippen molar-refractivity contribution in [2.24, 2.45) is 0 Å². The van der Waals surface area contributed by atoms with Crippen LogP contribution in [-0.4, -0.2) is 9.97 Å². The molecule has 5 rings (SSSR count). The highest BCUT2D eigenvalue weighted by atomic mass is 16.3. The Labute approximate surface area is 132 Å². The van der Waals surface area contributed by atoms with Gasteiger partial charge in [-0.15, -0.1) is 0 Å². The molecule has 0 aliphatic rings.